The number of pyridine rings is 1. The lowest BCUT2D eigenvalue weighted by molar-refractivity contribution is -0.151. The van der Waals surface area contributed by atoms with Gasteiger partial charge in [0.05, 0.1) is 25.2 Å². The first-order valence-electron chi connectivity index (χ1n) is 35.3. The molecule has 27 heteroatoms. The Labute approximate surface area is 598 Å². The minimum Gasteiger partial charge on any atom is -0.373 e. The molecule has 5 N–H and O–H groups in total. The molecule has 0 radical (unpaired) electrons. The van der Waals surface area contributed by atoms with Gasteiger partial charge in [0.2, 0.25) is 70.9 Å². The number of carbonyl (C=O) groups excluding carboxylic acids is 12. The van der Waals surface area contributed by atoms with Gasteiger partial charge in [-0.2, -0.15) is 0 Å². The van der Waals surface area contributed by atoms with Crippen LogP contribution in [0.2, 0.25) is 5.02 Å². The molecule has 0 unspecified atom stereocenters. The molecule has 26 nitrogen and oxygen atoms in total. The number of benzene rings is 1. The van der Waals surface area contributed by atoms with Crippen molar-refractivity contribution >= 4 is 82.5 Å². The molecule has 2 saturated heterocycles. The molecule has 2 aliphatic heterocycles. The van der Waals surface area contributed by atoms with Gasteiger partial charge < -0.3 is 65.6 Å². The van der Waals surface area contributed by atoms with E-state index in [0.717, 1.165) is 11.3 Å². The van der Waals surface area contributed by atoms with Crippen LogP contribution in [-0.4, -0.2) is 245 Å². The topological polar surface area (TPSA) is 310 Å². The Kier molecular flexibility index (Phi) is 32.9. The standard InChI is InChI=1S/C73H116ClN13O13/c1-21-51-68(95)83(17)56(34-44(4)5)64(91)77-52(37-49-28-26-30-75-40-49)67(94)81(15)41-60(89)82(16)55(33-43(2)3)63(90)79-54(42-100-73(12,13)14)69(96)85(19)58(38-48-27-25-29-50(74)36-48)71(98)84(18)57(35-45(6)7)65(92)78-53(70(97)87-31-23-22-24-32-87)39-59(88)80-61(46(8)9)72(99)86(20)62(47(10)11)66(93)76-51/h25-30,36,40,43-47,51-58,61-62H,21-24,31-35,37-39,41-42H2,1-20H3,(H,76,93)(H,77,91)(H,78,92)(H,79,90)(H,80,88)/t51-,52-,53-,54-,55-,56-,57-,58-,61+,62-/m0/s1. The van der Waals surface area contributed by atoms with E-state index in [4.69, 9.17) is 16.3 Å². The Morgan fingerprint density at radius 1 is 0.560 bits per heavy atom. The number of aromatic nitrogens is 1. The molecule has 4 rings (SSSR count). The normalized spacial score (nSPS) is 24.9. The molecule has 558 valence electrons. The SMILES string of the molecule is CC[C@@H]1NC(=O)[C@H](C(C)C)N(C)C(=O)[C@@H](C(C)C)NC(=O)C[C@@H](C(=O)N2CCCCC2)NC(=O)[C@H](CC(C)C)N(C)C(=O)[C@H](Cc2cccc(Cl)c2)N(C)C(=O)[C@H](COC(C)(C)C)NC(=O)[C@H](CC(C)C)N(C)C(=O)CN(C)C(=O)[C@H](Cc2cccnc2)NC(=O)[C@H](CC(C)C)N(C)C1=O. The zero-order valence-electron chi connectivity index (χ0n) is 62.9. The first-order valence-corrected chi connectivity index (χ1v) is 35.7. The fraction of sp³-hybridized carbons (Fsp3) is 0.685. The number of likely N-dealkylation sites (tertiary alicyclic amines) is 1. The summed E-state index contributed by atoms with van der Waals surface area (Å²) in [6.07, 6.45) is 4.69. The van der Waals surface area contributed by atoms with E-state index in [1.807, 2.05) is 41.5 Å². The van der Waals surface area contributed by atoms with Crippen LogP contribution in [0.1, 0.15) is 159 Å². The van der Waals surface area contributed by atoms with Crippen LogP contribution in [0.3, 0.4) is 0 Å². The largest absolute Gasteiger partial charge is 0.373 e. The molecular weight excluding hydrogens is 1300 g/mol. The lowest BCUT2D eigenvalue weighted by Crippen LogP contribution is -2.62. The van der Waals surface area contributed by atoms with Gasteiger partial charge in [0.1, 0.15) is 60.4 Å². The Morgan fingerprint density at radius 2 is 1.07 bits per heavy atom. The fourth-order valence-corrected chi connectivity index (χ4v) is 12.8. The third-order valence-corrected chi connectivity index (χ3v) is 18.6. The molecule has 100 heavy (non-hydrogen) atoms. The molecule has 3 heterocycles. The van der Waals surface area contributed by atoms with Gasteiger partial charge in [-0.05, 0) is 125 Å². The van der Waals surface area contributed by atoms with Crippen molar-refractivity contribution in [3.8, 4) is 0 Å². The highest BCUT2D eigenvalue weighted by atomic mass is 35.5. The fourth-order valence-electron chi connectivity index (χ4n) is 12.6. The second-order valence-electron chi connectivity index (χ2n) is 30.0. The van der Waals surface area contributed by atoms with Gasteiger partial charge in [-0.1, -0.05) is 106 Å². The van der Waals surface area contributed by atoms with Crippen molar-refractivity contribution in [2.75, 3.05) is 68.5 Å². The maximum absolute atomic E-state index is 15.6. The zero-order valence-corrected chi connectivity index (χ0v) is 63.7. The van der Waals surface area contributed by atoms with Crippen molar-refractivity contribution in [3.63, 3.8) is 0 Å². The monoisotopic (exact) mass is 1420 g/mol. The van der Waals surface area contributed by atoms with Crippen molar-refractivity contribution in [2.45, 2.75) is 227 Å². The van der Waals surface area contributed by atoms with Crippen molar-refractivity contribution in [3.05, 3.63) is 64.9 Å². The molecule has 10 atom stereocenters. The highest BCUT2D eigenvalue weighted by Gasteiger charge is 2.44. The maximum atomic E-state index is 15.6. The number of carbonyl (C=O) groups is 12. The first-order chi connectivity index (χ1) is 46.7. The number of ether oxygens (including phenoxy) is 1. The number of likely N-dealkylation sites (N-methyl/N-ethyl adjacent to an activating group) is 6. The van der Waals surface area contributed by atoms with Crippen LogP contribution in [0.25, 0.3) is 0 Å². The third-order valence-electron chi connectivity index (χ3n) is 18.3. The molecule has 2 fully saturated rings. The smallest absolute Gasteiger partial charge is 0.247 e. The van der Waals surface area contributed by atoms with E-state index >= 15 is 19.2 Å². The quantitative estimate of drug-likeness (QED) is 0.153. The average Bonchev–Trinajstić information content (AvgIpc) is 0.818. The number of piperidine rings is 1. The first kappa shape index (κ1) is 84.7. The van der Waals surface area contributed by atoms with Crippen LogP contribution in [0.4, 0.5) is 0 Å². The minimum atomic E-state index is -1.50. The van der Waals surface area contributed by atoms with Gasteiger partial charge >= 0.3 is 0 Å². The van der Waals surface area contributed by atoms with Gasteiger partial charge in [-0.15, -0.1) is 0 Å². The van der Waals surface area contributed by atoms with Crippen LogP contribution in [0.15, 0.2) is 48.8 Å². The minimum absolute atomic E-state index is 0.0455. The Hall–Kier alpha value is -7.74. The summed E-state index contributed by atoms with van der Waals surface area (Å²) >= 11 is 6.54. The lowest BCUT2D eigenvalue weighted by atomic mass is 9.96. The molecule has 2 aromatic rings. The molecule has 1 aromatic heterocycles. The summed E-state index contributed by atoms with van der Waals surface area (Å²) in [6.45, 7) is 24.6. The molecule has 0 spiro atoms. The van der Waals surface area contributed by atoms with E-state index in [1.165, 1.54) is 73.0 Å². The molecule has 0 bridgehead atoms. The molecule has 0 saturated carbocycles. The van der Waals surface area contributed by atoms with Crippen molar-refractivity contribution < 1.29 is 62.3 Å². The number of hydrogen-bond donors (Lipinski definition) is 5. The molecule has 12 amide bonds. The number of rotatable bonds is 16. The predicted molar refractivity (Wildman–Crippen MR) is 382 cm³/mol. The summed E-state index contributed by atoms with van der Waals surface area (Å²) in [6, 6.07) is -3.15. The van der Waals surface area contributed by atoms with Crippen molar-refractivity contribution in [2.24, 2.45) is 29.6 Å². The van der Waals surface area contributed by atoms with Gasteiger partial charge in [0.25, 0.3) is 0 Å². The van der Waals surface area contributed by atoms with Gasteiger partial charge in [0.15, 0.2) is 0 Å². The van der Waals surface area contributed by atoms with E-state index in [-0.39, 0.29) is 56.3 Å². The summed E-state index contributed by atoms with van der Waals surface area (Å²) in [7, 11) is 8.44. The maximum Gasteiger partial charge on any atom is 0.247 e. The number of nitrogens with zero attached hydrogens (tertiary/aromatic N) is 8. The number of amides is 12. The summed E-state index contributed by atoms with van der Waals surface area (Å²) in [4.78, 5) is 193. The predicted octanol–water partition coefficient (Wildman–Crippen LogP) is 4.63. The van der Waals surface area contributed by atoms with Crippen LogP contribution in [0, 0.1) is 29.6 Å². The molecular formula is C73H116ClN13O13. The number of hydrogen-bond acceptors (Lipinski definition) is 14. The van der Waals surface area contributed by atoms with Crippen LogP contribution < -0.4 is 26.6 Å². The van der Waals surface area contributed by atoms with Crippen molar-refractivity contribution in [1.82, 2.24) is 65.9 Å². The second-order valence-corrected chi connectivity index (χ2v) is 30.4. The van der Waals surface area contributed by atoms with E-state index < -0.39 is 168 Å². The van der Waals surface area contributed by atoms with E-state index in [2.05, 4.69) is 31.6 Å². The molecule has 2 aliphatic rings. The van der Waals surface area contributed by atoms with Gasteiger partial charge in [0, 0.05) is 85.6 Å². The number of nitrogens with one attached hydrogen (secondary N) is 5. The lowest BCUT2D eigenvalue weighted by Gasteiger charge is -2.38. The molecule has 0 aliphatic carbocycles. The Balaban J connectivity index is 1.98. The summed E-state index contributed by atoms with van der Waals surface area (Å²) in [5.74, 6) is -10.3. The van der Waals surface area contributed by atoms with Crippen LogP contribution >= 0.6 is 11.6 Å². The van der Waals surface area contributed by atoms with E-state index in [9.17, 15) is 38.4 Å². The summed E-state index contributed by atoms with van der Waals surface area (Å²) < 4.78 is 6.22. The zero-order chi connectivity index (χ0) is 75.4. The van der Waals surface area contributed by atoms with Crippen molar-refractivity contribution in [1.29, 1.82) is 0 Å². The van der Waals surface area contributed by atoms with E-state index in [1.54, 1.807) is 103 Å². The third kappa shape index (κ3) is 24.8. The Morgan fingerprint density at radius 3 is 1.58 bits per heavy atom. The highest BCUT2D eigenvalue weighted by molar-refractivity contribution is 6.30. The van der Waals surface area contributed by atoms with Crippen LogP contribution in [-0.2, 0) is 75.1 Å². The summed E-state index contributed by atoms with van der Waals surface area (Å²) in [5.41, 5.74) is 0.219. The molecule has 1 aromatic carbocycles. The van der Waals surface area contributed by atoms with E-state index in [0.29, 0.717) is 42.1 Å². The van der Waals surface area contributed by atoms with Crippen LogP contribution in [0.5, 0.6) is 0 Å². The Bertz CT molecular complexity index is 3140. The van der Waals surface area contributed by atoms with Gasteiger partial charge in [-0.3, -0.25) is 62.5 Å². The van der Waals surface area contributed by atoms with Gasteiger partial charge in [-0.25, -0.2) is 0 Å². The summed E-state index contributed by atoms with van der Waals surface area (Å²) in [5, 5.41) is 14.6. The number of halogens is 1. The highest BCUT2D eigenvalue weighted by Crippen LogP contribution is 2.24. The second kappa shape index (κ2) is 38.9. The average molecular weight is 1420 g/mol.